The highest BCUT2D eigenvalue weighted by Crippen LogP contribution is 2.17. The molecule has 22 heavy (non-hydrogen) atoms. The molecule has 116 valence electrons. The van der Waals surface area contributed by atoms with E-state index in [1.807, 2.05) is 26.0 Å². The zero-order valence-corrected chi connectivity index (χ0v) is 13.0. The van der Waals surface area contributed by atoms with Crippen LogP contribution < -0.4 is 10.1 Å². The summed E-state index contributed by atoms with van der Waals surface area (Å²) in [5.41, 5.74) is 3.45. The highest BCUT2D eigenvalue weighted by molar-refractivity contribution is 5.78. The minimum atomic E-state index is -0.388. The largest absolute Gasteiger partial charge is 0.484 e. The first kappa shape index (κ1) is 16.0. The fourth-order valence-electron chi connectivity index (χ4n) is 2.11. The predicted octanol–water partition coefficient (Wildman–Crippen LogP) is 3.70. The van der Waals surface area contributed by atoms with Gasteiger partial charge in [0.25, 0.3) is 5.91 Å². The summed E-state index contributed by atoms with van der Waals surface area (Å²) in [6, 6.07) is 11.7. The van der Waals surface area contributed by atoms with E-state index in [1.54, 1.807) is 12.1 Å². The van der Waals surface area contributed by atoms with Crippen molar-refractivity contribution in [1.29, 1.82) is 0 Å². The number of benzene rings is 2. The molecule has 0 aliphatic carbocycles. The zero-order chi connectivity index (χ0) is 16.1. The minimum absolute atomic E-state index is 0.108. The van der Waals surface area contributed by atoms with Crippen LogP contribution in [0.1, 0.15) is 29.7 Å². The summed E-state index contributed by atoms with van der Waals surface area (Å²) in [6.45, 7) is 5.87. The molecule has 2 rings (SSSR count). The first-order valence-corrected chi connectivity index (χ1v) is 7.20. The monoisotopic (exact) mass is 301 g/mol. The predicted molar refractivity (Wildman–Crippen MR) is 84.4 cm³/mol. The third-order valence-corrected chi connectivity index (χ3v) is 3.57. The molecule has 0 saturated carbocycles. The normalized spacial score (nSPS) is 11.8. The van der Waals surface area contributed by atoms with Gasteiger partial charge < -0.3 is 10.1 Å². The minimum Gasteiger partial charge on any atom is -0.484 e. The number of rotatable bonds is 5. The van der Waals surface area contributed by atoms with Crippen LogP contribution in [0.2, 0.25) is 0 Å². The van der Waals surface area contributed by atoms with Gasteiger partial charge in [-0.3, -0.25) is 4.79 Å². The SMILES string of the molecule is Cc1ccc(C(C)NC(=O)COc2cccc(F)c2)cc1C. The lowest BCUT2D eigenvalue weighted by Crippen LogP contribution is -2.31. The average molecular weight is 301 g/mol. The van der Waals surface area contributed by atoms with Crippen LogP contribution >= 0.6 is 0 Å². The van der Waals surface area contributed by atoms with Crippen molar-refractivity contribution in [3.8, 4) is 5.75 Å². The summed E-state index contributed by atoms with van der Waals surface area (Å²) < 4.78 is 18.3. The quantitative estimate of drug-likeness (QED) is 0.914. The van der Waals surface area contributed by atoms with Crippen LogP contribution in [0, 0.1) is 19.7 Å². The molecule has 1 atom stereocenters. The van der Waals surface area contributed by atoms with Gasteiger partial charge in [-0.05, 0) is 49.6 Å². The van der Waals surface area contributed by atoms with Gasteiger partial charge in [-0.15, -0.1) is 0 Å². The molecular formula is C18H20FNO2. The molecule has 0 aliphatic heterocycles. The second-order valence-electron chi connectivity index (χ2n) is 5.38. The van der Waals surface area contributed by atoms with Crippen molar-refractivity contribution >= 4 is 5.91 Å². The Morgan fingerprint density at radius 3 is 2.64 bits per heavy atom. The average Bonchev–Trinajstić information content (AvgIpc) is 2.48. The van der Waals surface area contributed by atoms with Gasteiger partial charge >= 0.3 is 0 Å². The van der Waals surface area contributed by atoms with Gasteiger partial charge in [-0.25, -0.2) is 4.39 Å². The van der Waals surface area contributed by atoms with Crippen molar-refractivity contribution in [3.63, 3.8) is 0 Å². The lowest BCUT2D eigenvalue weighted by molar-refractivity contribution is -0.123. The Morgan fingerprint density at radius 2 is 1.95 bits per heavy atom. The third kappa shape index (κ3) is 4.32. The van der Waals surface area contributed by atoms with Crippen LogP contribution in [0.25, 0.3) is 0 Å². The molecule has 0 spiro atoms. The van der Waals surface area contributed by atoms with Gasteiger partial charge in [0.15, 0.2) is 6.61 Å². The third-order valence-electron chi connectivity index (χ3n) is 3.57. The lowest BCUT2D eigenvalue weighted by Gasteiger charge is -2.16. The maximum Gasteiger partial charge on any atom is 0.258 e. The van der Waals surface area contributed by atoms with E-state index in [-0.39, 0.29) is 24.4 Å². The zero-order valence-electron chi connectivity index (χ0n) is 13.0. The Labute approximate surface area is 130 Å². The summed E-state index contributed by atoms with van der Waals surface area (Å²) in [5.74, 6) is -0.287. The highest BCUT2D eigenvalue weighted by Gasteiger charge is 2.11. The van der Waals surface area contributed by atoms with Crippen LogP contribution in [-0.2, 0) is 4.79 Å². The molecule has 2 aromatic rings. The molecule has 2 aromatic carbocycles. The molecule has 4 heteroatoms. The van der Waals surface area contributed by atoms with Gasteiger partial charge in [0.05, 0.1) is 6.04 Å². The fourth-order valence-corrected chi connectivity index (χ4v) is 2.11. The molecule has 1 amide bonds. The van der Waals surface area contributed by atoms with Crippen LogP contribution in [0.15, 0.2) is 42.5 Å². The number of halogens is 1. The van der Waals surface area contributed by atoms with E-state index < -0.39 is 0 Å². The molecule has 0 saturated heterocycles. The Kier molecular flexibility index (Phi) is 5.15. The highest BCUT2D eigenvalue weighted by atomic mass is 19.1. The summed E-state index contributed by atoms with van der Waals surface area (Å²) in [4.78, 5) is 11.9. The molecule has 3 nitrogen and oxygen atoms in total. The second kappa shape index (κ2) is 7.07. The Bertz CT molecular complexity index is 670. The molecule has 0 aliphatic rings. The van der Waals surface area contributed by atoms with E-state index in [1.165, 1.54) is 23.3 Å². The van der Waals surface area contributed by atoms with Gasteiger partial charge in [0, 0.05) is 6.07 Å². The van der Waals surface area contributed by atoms with Crippen LogP contribution in [-0.4, -0.2) is 12.5 Å². The lowest BCUT2D eigenvalue weighted by atomic mass is 10.0. The van der Waals surface area contributed by atoms with E-state index in [4.69, 9.17) is 4.74 Å². The van der Waals surface area contributed by atoms with Gasteiger partial charge in [-0.2, -0.15) is 0 Å². The summed E-state index contributed by atoms with van der Waals surface area (Å²) in [5, 5.41) is 2.87. The van der Waals surface area contributed by atoms with E-state index in [2.05, 4.69) is 18.3 Å². The van der Waals surface area contributed by atoms with Gasteiger partial charge in [0.2, 0.25) is 0 Å². The molecule has 0 fully saturated rings. The number of carbonyl (C=O) groups excluding carboxylic acids is 1. The van der Waals surface area contributed by atoms with E-state index in [0.29, 0.717) is 5.75 Å². The standard InChI is InChI=1S/C18H20FNO2/c1-12-7-8-15(9-13(12)2)14(3)20-18(21)11-22-17-6-4-5-16(19)10-17/h4-10,14H,11H2,1-3H3,(H,20,21). The van der Waals surface area contributed by atoms with E-state index in [0.717, 1.165) is 5.56 Å². The van der Waals surface area contributed by atoms with Crippen molar-refractivity contribution in [1.82, 2.24) is 5.32 Å². The second-order valence-corrected chi connectivity index (χ2v) is 5.38. The van der Waals surface area contributed by atoms with Gasteiger partial charge in [-0.1, -0.05) is 24.3 Å². The van der Waals surface area contributed by atoms with Crippen LogP contribution in [0.4, 0.5) is 4.39 Å². The fraction of sp³-hybridized carbons (Fsp3) is 0.278. The Hall–Kier alpha value is -2.36. The number of carbonyl (C=O) groups is 1. The van der Waals surface area contributed by atoms with Crippen molar-refractivity contribution in [2.45, 2.75) is 26.8 Å². The number of hydrogen-bond acceptors (Lipinski definition) is 2. The molecule has 1 N–H and O–H groups in total. The maximum absolute atomic E-state index is 13.0. The van der Waals surface area contributed by atoms with Crippen LogP contribution in [0.5, 0.6) is 5.75 Å². The molecular weight excluding hydrogens is 281 g/mol. The van der Waals surface area contributed by atoms with Crippen molar-refractivity contribution < 1.29 is 13.9 Å². The van der Waals surface area contributed by atoms with Crippen molar-refractivity contribution in [2.24, 2.45) is 0 Å². The van der Waals surface area contributed by atoms with E-state index >= 15 is 0 Å². The first-order valence-electron chi connectivity index (χ1n) is 7.20. The molecule has 0 aromatic heterocycles. The molecule has 0 radical (unpaired) electrons. The number of ether oxygens (including phenoxy) is 1. The van der Waals surface area contributed by atoms with E-state index in [9.17, 15) is 9.18 Å². The molecule has 1 unspecified atom stereocenters. The maximum atomic E-state index is 13.0. The topological polar surface area (TPSA) is 38.3 Å². The van der Waals surface area contributed by atoms with Crippen LogP contribution in [0.3, 0.4) is 0 Å². The summed E-state index contributed by atoms with van der Waals surface area (Å²) >= 11 is 0. The number of hydrogen-bond donors (Lipinski definition) is 1. The molecule has 0 heterocycles. The van der Waals surface area contributed by atoms with Gasteiger partial charge in [0.1, 0.15) is 11.6 Å². The molecule has 0 bridgehead atoms. The Morgan fingerprint density at radius 1 is 1.18 bits per heavy atom. The van der Waals surface area contributed by atoms with Crippen molar-refractivity contribution in [2.75, 3.05) is 6.61 Å². The number of aryl methyl sites for hydroxylation is 2. The summed E-state index contributed by atoms with van der Waals surface area (Å²) in [6.07, 6.45) is 0. The first-order chi connectivity index (χ1) is 10.5. The summed E-state index contributed by atoms with van der Waals surface area (Å²) in [7, 11) is 0. The van der Waals surface area contributed by atoms with Crippen molar-refractivity contribution in [3.05, 3.63) is 65.0 Å². The number of nitrogens with one attached hydrogen (secondary N) is 1. The smallest absolute Gasteiger partial charge is 0.258 e. The Balaban J connectivity index is 1.89. The number of amides is 1.